The number of fused-ring (bicyclic) bond motifs is 1. The summed E-state index contributed by atoms with van der Waals surface area (Å²) in [5.41, 5.74) is 0.297. The SMILES string of the molecule is CC(Cc1cccc2ccccc12)(C(=O)O)N1CCCC1. The molecule has 0 spiro atoms. The molecule has 3 rings (SSSR count). The maximum Gasteiger partial charge on any atom is 0.324 e. The van der Waals surface area contributed by atoms with E-state index in [1.165, 1.54) is 5.39 Å². The zero-order valence-corrected chi connectivity index (χ0v) is 12.4. The summed E-state index contributed by atoms with van der Waals surface area (Å²) in [6.07, 6.45) is 2.74. The fourth-order valence-electron chi connectivity index (χ4n) is 3.35. The molecule has 1 aliphatic rings. The number of carboxylic acid groups (broad SMARTS) is 1. The molecule has 110 valence electrons. The second-order valence-electron chi connectivity index (χ2n) is 6.09. The summed E-state index contributed by atoms with van der Waals surface area (Å²) in [6, 6.07) is 14.3. The smallest absolute Gasteiger partial charge is 0.324 e. The van der Waals surface area contributed by atoms with E-state index in [1.807, 2.05) is 25.1 Å². The molecule has 1 saturated heterocycles. The highest BCUT2D eigenvalue weighted by Crippen LogP contribution is 2.29. The van der Waals surface area contributed by atoms with Crippen molar-refractivity contribution in [3.63, 3.8) is 0 Å². The van der Waals surface area contributed by atoms with Crippen molar-refractivity contribution < 1.29 is 9.90 Å². The van der Waals surface area contributed by atoms with Gasteiger partial charge >= 0.3 is 5.97 Å². The number of rotatable bonds is 4. The fraction of sp³-hybridized carbons (Fsp3) is 0.389. The summed E-state index contributed by atoms with van der Waals surface area (Å²) < 4.78 is 0. The highest BCUT2D eigenvalue weighted by Gasteiger charge is 2.41. The van der Waals surface area contributed by atoms with E-state index >= 15 is 0 Å². The summed E-state index contributed by atoms with van der Waals surface area (Å²) in [7, 11) is 0. The van der Waals surface area contributed by atoms with Gasteiger partial charge < -0.3 is 5.11 Å². The number of likely N-dealkylation sites (tertiary alicyclic amines) is 1. The lowest BCUT2D eigenvalue weighted by Crippen LogP contribution is -2.52. The first-order chi connectivity index (χ1) is 10.1. The van der Waals surface area contributed by atoms with Crippen molar-refractivity contribution in [3.8, 4) is 0 Å². The van der Waals surface area contributed by atoms with Crippen molar-refractivity contribution >= 4 is 16.7 Å². The topological polar surface area (TPSA) is 40.5 Å². The van der Waals surface area contributed by atoms with E-state index in [-0.39, 0.29) is 0 Å². The molecule has 2 aromatic rings. The number of carboxylic acids is 1. The van der Waals surface area contributed by atoms with E-state index < -0.39 is 11.5 Å². The molecule has 0 aliphatic carbocycles. The Labute approximate surface area is 125 Å². The molecule has 1 N–H and O–H groups in total. The predicted molar refractivity (Wildman–Crippen MR) is 84.5 cm³/mol. The van der Waals surface area contributed by atoms with E-state index in [1.54, 1.807) is 0 Å². The number of benzene rings is 2. The Bertz CT molecular complexity index is 656. The van der Waals surface area contributed by atoms with E-state index in [9.17, 15) is 9.90 Å². The number of hydrogen-bond donors (Lipinski definition) is 1. The van der Waals surface area contributed by atoms with Crippen molar-refractivity contribution in [2.45, 2.75) is 31.7 Å². The number of nitrogens with zero attached hydrogens (tertiary/aromatic N) is 1. The predicted octanol–water partition coefficient (Wildman–Crippen LogP) is 3.32. The van der Waals surface area contributed by atoms with Crippen LogP contribution in [0.15, 0.2) is 42.5 Å². The second kappa shape index (κ2) is 5.49. The quantitative estimate of drug-likeness (QED) is 0.935. The van der Waals surface area contributed by atoms with Crippen LogP contribution in [0, 0.1) is 0 Å². The van der Waals surface area contributed by atoms with Crippen molar-refractivity contribution in [3.05, 3.63) is 48.0 Å². The van der Waals surface area contributed by atoms with Crippen LogP contribution < -0.4 is 0 Å². The van der Waals surface area contributed by atoms with Gasteiger partial charge in [-0.15, -0.1) is 0 Å². The molecule has 1 fully saturated rings. The molecule has 3 heteroatoms. The van der Waals surface area contributed by atoms with Crippen molar-refractivity contribution in [2.75, 3.05) is 13.1 Å². The van der Waals surface area contributed by atoms with Crippen molar-refractivity contribution in [2.24, 2.45) is 0 Å². The van der Waals surface area contributed by atoms with Crippen LogP contribution in [0.2, 0.25) is 0 Å². The zero-order chi connectivity index (χ0) is 14.9. The zero-order valence-electron chi connectivity index (χ0n) is 12.4. The van der Waals surface area contributed by atoms with Crippen LogP contribution in [-0.4, -0.2) is 34.6 Å². The fourth-order valence-corrected chi connectivity index (χ4v) is 3.35. The Kier molecular flexibility index (Phi) is 3.68. The van der Waals surface area contributed by atoms with E-state index in [0.717, 1.165) is 36.9 Å². The van der Waals surface area contributed by atoms with Crippen molar-refractivity contribution in [1.82, 2.24) is 4.90 Å². The average molecular weight is 283 g/mol. The summed E-state index contributed by atoms with van der Waals surface area (Å²) in [6.45, 7) is 3.63. The van der Waals surface area contributed by atoms with Crippen LogP contribution in [0.1, 0.15) is 25.3 Å². The molecular weight excluding hydrogens is 262 g/mol. The van der Waals surface area contributed by atoms with Gasteiger partial charge in [-0.3, -0.25) is 9.69 Å². The highest BCUT2D eigenvalue weighted by molar-refractivity contribution is 5.87. The maximum absolute atomic E-state index is 11.9. The molecule has 21 heavy (non-hydrogen) atoms. The number of hydrogen-bond acceptors (Lipinski definition) is 2. The van der Waals surface area contributed by atoms with E-state index in [4.69, 9.17) is 0 Å². The maximum atomic E-state index is 11.9. The Morgan fingerprint density at radius 3 is 2.52 bits per heavy atom. The molecule has 0 aromatic heterocycles. The molecule has 0 amide bonds. The second-order valence-corrected chi connectivity index (χ2v) is 6.09. The number of carbonyl (C=O) groups is 1. The van der Waals surface area contributed by atoms with Gasteiger partial charge in [-0.2, -0.15) is 0 Å². The first kappa shape index (κ1) is 14.1. The first-order valence-corrected chi connectivity index (χ1v) is 7.56. The Morgan fingerprint density at radius 1 is 1.14 bits per heavy atom. The standard InChI is InChI=1S/C18H21NO2/c1-18(17(20)21,19-11-4-5-12-19)13-15-9-6-8-14-7-2-3-10-16(14)15/h2-3,6-10H,4-5,11-13H2,1H3,(H,20,21). The largest absolute Gasteiger partial charge is 0.480 e. The Morgan fingerprint density at radius 2 is 1.81 bits per heavy atom. The van der Waals surface area contributed by atoms with Crippen LogP contribution in [0.5, 0.6) is 0 Å². The third-order valence-corrected chi connectivity index (χ3v) is 4.68. The third kappa shape index (κ3) is 2.54. The van der Waals surface area contributed by atoms with Gasteiger partial charge in [0.1, 0.15) is 5.54 Å². The Hall–Kier alpha value is -1.87. The van der Waals surface area contributed by atoms with E-state index in [2.05, 4.69) is 29.2 Å². The van der Waals surface area contributed by atoms with Crippen LogP contribution in [-0.2, 0) is 11.2 Å². The molecule has 0 bridgehead atoms. The van der Waals surface area contributed by atoms with Gasteiger partial charge in [-0.1, -0.05) is 42.5 Å². The highest BCUT2D eigenvalue weighted by atomic mass is 16.4. The lowest BCUT2D eigenvalue weighted by Gasteiger charge is -2.35. The van der Waals surface area contributed by atoms with Gasteiger partial charge in [-0.05, 0) is 49.2 Å². The molecule has 3 nitrogen and oxygen atoms in total. The van der Waals surface area contributed by atoms with Crippen LogP contribution in [0.4, 0.5) is 0 Å². The molecule has 0 radical (unpaired) electrons. The monoisotopic (exact) mass is 283 g/mol. The molecule has 2 aromatic carbocycles. The van der Waals surface area contributed by atoms with Gasteiger partial charge in [0.25, 0.3) is 0 Å². The third-order valence-electron chi connectivity index (χ3n) is 4.68. The minimum Gasteiger partial charge on any atom is -0.480 e. The Balaban J connectivity index is 2.00. The summed E-state index contributed by atoms with van der Waals surface area (Å²) in [5.74, 6) is -0.725. The minimum atomic E-state index is -0.819. The van der Waals surface area contributed by atoms with Gasteiger partial charge in [0.15, 0.2) is 0 Å². The molecule has 1 aliphatic heterocycles. The molecule has 1 unspecified atom stereocenters. The summed E-state index contributed by atoms with van der Waals surface area (Å²) in [4.78, 5) is 14.0. The van der Waals surface area contributed by atoms with Gasteiger partial charge in [0.2, 0.25) is 0 Å². The van der Waals surface area contributed by atoms with Crippen LogP contribution in [0.3, 0.4) is 0 Å². The average Bonchev–Trinajstić information content (AvgIpc) is 3.02. The van der Waals surface area contributed by atoms with Crippen molar-refractivity contribution in [1.29, 1.82) is 0 Å². The summed E-state index contributed by atoms with van der Waals surface area (Å²) >= 11 is 0. The molecule has 1 atom stereocenters. The van der Waals surface area contributed by atoms with Crippen LogP contribution in [0.25, 0.3) is 10.8 Å². The van der Waals surface area contributed by atoms with Gasteiger partial charge in [-0.25, -0.2) is 0 Å². The number of aliphatic carboxylic acids is 1. The van der Waals surface area contributed by atoms with Crippen LogP contribution >= 0.6 is 0 Å². The lowest BCUT2D eigenvalue weighted by atomic mass is 9.88. The van der Waals surface area contributed by atoms with E-state index in [0.29, 0.717) is 6.42 Å². The van der Waals surface area contributed by atoms with Gasteiger partial charge in [0.05, 0.1) is 0 Å². The summed E-state index contributed by atoms with van der Waals surface area (Å²) in [5, 5.41) is 12.1. The molecule has 1 heterocycles. The first-order valence-electron chi connectivity index (χ1n) is 7.56. The van der Waals surface area contributed by atoms with Gasteiger partial charge in [0, 0.05) is 6.42 Å². The molecular formula is C18H21NO2. The minimum absolute atomic E-state index is 0.545. The normalized spacial score (nSPS) is 18.7. The molecule has 0 saturated carbocycles. The lowest BCUT2D eigenvalue weighted by molar-refractivity contribution is -0.149.